The van der Waals surface area contributed by atoms with E-state index in [0.29, 0.717) is 11.3 Å². The summed E-state index contributed by atoms with van der Waals surface area (Å²) in [6.45, 7) is 0.143. The number of amides is 2. The number of nitrogens with one attached hydrogen (secondary N) is 2. The standard InChI is InChI=1S/C24H19FN2O6S/c1-33-17-7-9-18(10-8-17)34(31,32)22-21(28)19-11-4-15(12-20(19)27-24(22)30)23(29)26-13-14-2-5-16(25)6-3-14/h2-12,22H,13H2,1H3,(H,26,29)(H,27,30). The number of halogens is 1. The van der Waals surface area contributed by atoms with Crippen molar-refractivity contribution in [3.8, 4) is 5.75 Å². The number of ether oxygens (including phenoxy) is 1. The summed E-state index contributed by atoms with van der Waals surface area (Å²) >= 11 is 0. The zero-order valence-electron chi connectivity index (χ0n) is 17.9. The third-order valence-electron chi connectivity index (χ3n) is 5.35. The Labute approximate surface area is 194 Å². The lowest BCUT2D eigenvalue weighted by atomic mass is 9.99. The molecule has 0 bridgehead atoms. The molecule has 0 spiro atoms. The summed E-state index contributed by atoms with van der Waals surface area (Å²) in [5, 5.41) is 3.14. The number of ketones is 1. The Hall–Kier alpha value is -4.05. The molecular formula is C24H19FN2O6S. The SMILES string of the molecule is COc1ccc(S(=O)(=O)C2C(=O)Nc3cc(C(=O)NCc4ccc(F)cc4)ccc3C2=O)cc1. The normalized spacial score (nSPS) is 15.3. The second-order valence-electron chi connectivity index (χ2n) is 7.52. The first-order valence-electron chi connectivity index (χ1n) is 10.1. The maximum Gasteiger partial charge on any atom is 0.251 e. The molecule has 0 aliphatic carbocycles. The van der Waals surface area contributed by atoms with Gasteiger partial charge in [0.2, 0.25) is 5.25 Å². The Balaban J connectivity index is 1.55. The average Bonchev–Trinajstić information content (AvgIpc) is 2.83. The third-order valence-corrected chi connectivity index (χ3v) is 7.32. The molecule has 1 atom stereocenters. The van der Waals surface area contributed by atoms with Gasteiger partial charge in [0.15, 0.2) is 15.6 Å². The number of benzene rings is 3. The highest BCUT2D eigenvalue weighted by molar-refractivity contribution is 7.93. The van der Waals surface area contributed by atoms with Gasteiger partial charge in [-0.05, 0) is 60.2 Å². The molecule has 0 fully saturated rings. The van der Waals surface area contributed by atoms with E-state index in [4.69, 9.17) is 4.74 Å². The summed E-state index contributed by atoms with van der Waals surface area (Å²) in [5.74, 6) is -2.33. The van der Waals surface area contributed by atoms with Crippen LogP contribution in [-0.2, 0) is 21.2 Å². The van der Waals surface area contributed by atoms with E-state index in [0.717, 1.165) is 0 Å². The van der Waals surface area contributed by atoms with Crippen LogP contribution in [0.15, 0.2) is 71.6 Å². The van der Waals surface area contributed by atoms with Gasteiger partial charge in [-0.15, -0.1) is 0 Å². The number of Topliss-reactive ketones (excluding diaryl/α,β-unsaturated/α-hetero) is 1. The smallest absolute Gasteiger partial charge is 0.251 e. The van der Waals surface area contributed by atoms with Gasteiger partial charge < -0.3 is 15.4 Å². The van der Waals surface area contributed by atoms with Crippen LogP contribution in [0.2, 0.25) is 0 Å². The molecule has 0 saturated carbocycles. The van der Waals surface area contributed by atoms with Gasteiger partial charge in [-0.1, -0.05) is 12.1 Å². The highest BCUT2D eigenvalue weighted by Gasteiger charge is 2.44. The van der Waals surface area contributed by atoms with E-state index in [2.05, 4.69) is 10.6 Å². The van der Waals surface area contributed by atoms with Crippen LogP contribution in [0.4, 0.5) is 10.1 Å². The first-order chi connectivity index (χ1) is 16.2. The zero-order chi connectivity index (χ0) is 24.5. The van der Waals surface area contributed by atoms with Crippen molar-refractivity contribution in [2.75, 3.05) is 12.4 Å². The fraction of sp³-hybridized carbons (Fsp3) is 0.125. The van der Waals surface area contributed by atoms with Crippen LogP contribution in [-0.4, -0.2) is 38.4 Å². The summed E-state index contributed by atoms with van der Waals surface area (Å²) < 4.78 is 44.1. The number of sulfone groups is 1. The first kappa shape index (κ1) is 23.1. The van der Waals surface area contributed by atoms with E-state index >= 15 is 0 Å². The number of anilines is 1. The van der Waals surface area contributed by atoms with E-state index in [1.54, 1.807) is 0 Å². The van der Waals surface area contributed by atoms with Crippen LogP contribution in [0, 0.1) is 5.82 Å². The van der Waals surface area contributed by atoms with Crippen LogP contribution in [0.3, 0.4) is 0 Å². The van der Waals surface area contributed by atoms with Gasteiger partial charge >= 0.3 is 0 Å². The number of carbonyl (C=O) groups excluding carboxylic acids is 3. The van der Waals surface area contributed by atoms with Crippen molar-refractivity contribution in [2.45, 2.75) is 16.7 Å². The largest absolute Gasteiger partial charge is 0.497 e. The van der Waals surface area contributed by atoms with Crippen LogP contribution in [0.5, 0.6) is 5.75 Å². The predicted molar refractivity (Wildman–Crippen MR) is 121 cm³/mol. The van der Waals surface area contributed by atoms with E-state index in [1.165, 1.54) is 73.8 Å². The van der Waals surface area contributed by atoms with Crippen molar-refractivity contribution < 1.29 is 31.9 Å². The number of methoxy groups -OCH3 is 1. The van der Waals surface area contributed by atoms with E-state index < -0.39 is 38.5 Å². The summed E-state index contributed by atoms with van der Waals surface area (Å²) in [6, 6.07) is 15.0. The van der Waals surface area contributed by atoms with Crippen molar-refractivity contribution in [3.63, 3.8) is 0 Å². The fourth-order valence-corrected chi connectivity index (χ4v) is 5.07. The van der Waals surface area contributed by atoms with E-state index in [9.17, 15) is 27.2 Å². The topological polar surface area (TPSA) is 119 Å². The Kier molecular flexibility index (Phi) is 6.16. The number of carbonyl (C=O) groups is 3. The molecule has 10 heteroatoms. The number of hydrogen-bond acceptors (Lipinski definition) is 6. The second-order valence-corrected chi connectivity index (χ2v) is 9.56. The first-order valence-corrected chi connectivity index (χ1v) is 11.6. The Morgan fingerprint density at radius 2 is 1.71 bits per heavy atom. The van der Waals surface area contributed by atoms with Crippen molar-refractivity contribution in [3.05, 3.63) is 89.2 Å². The summed E-state index contributed by atoms with van der Waals surface area (Å²) in [4.78, 5) is 38.0. The molecule has 1 aliphatic rings. The minimum atomic E-state index is -4.32. The van der Waals surface area contributed by atoms with Crippen LogP contribution in [0.1, 0.15) is 26.3 Å². The summed E-state index contributed by atoms with van der Waals surface area (Å²) in [5.41, 5.74) is 0.871. The van der Waals surface area contributed by atoms with Crippen LogP contribution in [0.25, 0.3) is 0 Å². The van der Waals surface area contributed by atoms with Gasteiger partial charge in [0.05, 0.1) is 17.7 Å². The highest BCUT2D eigenvalue weighted by atomic mass is 32.2. The van der Waals surface area contributed by atoms with Crippen molar-refractivity contribution in [1.82, 2.24) is 5.32 Å². The number of hydrogen-bond donors (Lipinski definition) is 2. The quantitative estimate of drug-likeness (QED) is 0.522. The molecule has 4 rings (SSSR count). The lowest BCUT2D eigenvalue weighted by molar-refractivity contribution is -0.115. The molecule has 0 aromatic heterocycles. The molecule has 34 heavy (non-hydrogen) atoms. The molecule has 174 valence electrons. The lowest BCUT2D eigenvalue weighted by Gasteiger charge is -2.24. The summed E-state index contributed by atoms with van der Waals surface area (Å²) in [7, 11) is -2.89. The molecule has 2 amide bonds. The average molecular weight is 482 g/mol. The fourth-order valence-electron chi connectivity index (χ4n) is 3.53. The maximum absolute atomic E-state index is 13.0. The van der Waals surface area contributed by atoms with Gasteiger partial charge in [0.1, 0.15) is 11.6 Å². The Bertz CT molecular complexity index is 1390. The molecule has 0 saturated heterocycles. The molecule has 3 aromatic carbocycles. The Morgan fingerprint density at radius 1 is 1.03 bits per heavy atom. The zero-order valence-corrected chi connectivity index (χ0v) is 18.7. The molecule has 8 nitrogen and oxygen atoms in total. The van der Waals surface area contributed by atoms with Crippen molar-refractivity contribution in [2.24, 2.45) is 0 Å². The molecule has 3 aromatic rings. The lowest BCUT2D eigenvalue weighted by Crippen LogP contribution is -2.45. The van der Waals surface area contributed by atoms with Crippen molar-refractivity contribution in [1.29, 1.82) is 0 Å². The van der Waals surface area contributed by atoms with Gasteiger partial charge in [-0.3, -0.25) is 14.4 Å². The minimum absolute atomic E-state index is 0.0169. The molecule has 2 N–H and O–H groups in total. The highest BCUT2D eigenvalue weighted by Crippen LogP contribution is 2.30. The van der Waals surface area contributed by atoms with Gasteiger partial charge in [-0.25, -0.2) is 12.8 Å². The van der Waals surface area contributed by atoms with Crippen LogP contribution < -0.4 is 15.4 Å². The minimum Gasteiger partial charge on any atom is -0.497 e. The van der Waals surface area contributed by atoms with Crippen LogP contribution >= 0.6 is 0 Å². The van der Waals surface area contributed by atoms with Gasteiger partial charge in [-0.2, -0.15) is 0 Å². The molecule has 0 radical (unpaired) electrons. The number of rotatable bonds is 6. The van der Waals surface area contributed by atoms with E-state index in [-0.39, 0.29) is 28.3 Å². The second kappa shape index (κ2) is 9.06. The number of fused-ring (bicyclic) bond motifs is 1. The maximum atomic E-state index is 13.0. The molecular weight excluding hydrogens is 463 g/mol. The van der Waals surface area contributed by atoms with Crippen molar-refractivity contribution >= 4 is 33.1 Å². The van der Waals surface area contributed by atoms with Gasteiger partial charge in [0.25, 0.3) is 11.8 Å². The predicted octanol–water partition coefficient (Wildman–Crippen LogP) is 2.74. The Morgan fingerprint density at radius 3 is 2.35 bits per heavy atom. The third kappa shape index (κ3) is 4.40. The summed E-state index contributed by atoms with van der Waals surface area (Å²) in [6.07, 6.45) is 0. The molecule has 1 aliphatic heterocycles. The monoisotopic (exact) mass is 482 g/mol. The van der Waals surface area contributed by atoms with E-state index in [1.807, 2.05) is 0 Å². The van der Waals surface area contributed by atoms with Gasteiger partial charge in [0, 0.05) is 17.7 Å². The molecule has 1 unspecified atom stereocenters. The molecule has 1 heterocycles.